The first-order valence-corrected chi connectivity index (χ1v) is 12.2. The third-order valence-electron chi connectivity index (χ3n) is 6.29. The Bertz CT molecular complexity index is 1010. The second-order valence-corrected chi connectivity index (χ2v) is 10.5. The van der Waals surface area contributed by atoms with Crippen molar-refractivity contribution in [1.82, 2.24) is 18.8 Å². The van der Waals surface area contributed by atoms with E-state index in [0.29, 0.717) is 31.1 Å². The number of rotatable bonds is 4. The normalized spacial score (nSPS) is 20.3. The van der Waals surface area contributed by atoms with Crippen LogP contribution in [0.1, 0.15) is 37.7 Å². The lowest BCUT2D eigenvalue weighted by Gasteiger charge is -2.34. The first-order chi connectivity index (χ1) is 14.3. The maximum Gasteiger partial charge on any atom is 0.262 e. The van der Waals surface area contributed by atoms with E-state index < -0.39 is 15.4 Å². The highest BCUT2D eigenvalue weighted by Crippen LogP contribution is 2.43. The Morgan fingerprint density at radius 3 is 2.37 bits per heavy atom. The number of hydrogen-bond donors (Lipinski definition) is 0. The number of halogens is 1. The molecule has 0 atom stereocenters. The molecule has 1 aromatic heterocycles. The van der Waals surface area contributed by atoms with Gasteiger partial charge in [0, 0.05) is 44.4 Å². The molecule has 30 heavy (non-hydrogen) atoms. The first kappa shape index (κ1) is 21.3. The summed E-state index contributed by atoms with van der Waals surface area (Å²) in [6.07, 6.45) is 7.27. The van der Waals surface area contributed by atoms with Crippen molar-refractivity contribution in [1.29, 1.82) is 0 Å². The third kappa shape index (κ3) is 3.88. The molecule has 0 N–H and O–H groups in total. The van der Waals surface area contributed by atoms with Crippen LogP contribution >= 0.6 is 11.6 Å². The highest BCUT2D eigenvalue weighted by atomic mass is 35.5. The zero-order valence-electron chi connectivity index (χ0n) is 17.1. The molecule has 2 heterocycles. The Morgan fingerprint density at radius 2 is 1.73 bits per heavy atom. The minimum atomic E-state index is -3.66. The lowest BCUT2D eigenvalue weighted by Crippen LogP contribution is -2.47. The van der Waals surface area contributed by atoms with Crippen LogP contribution in [0, 0.1) is 0 Å². The maximum absolute atomic E-state index is 13.7. The lowest BCUT2D eigenvalue weighted by atomic mass is 9.77. The summed E-state index contributed by atoms with van der Waals surface area (Å²) in [6.45, 7) is 1.61. The summed E-state index contributed by atoms with van der Waals surface area (Å²) in [5.74, 6) is 0.111. The molecular formula is C21H27ClN4O3S. The highest BCUT2D eigenvalue weighted by Gasteiger charge is 2.45. The van der Waals surface area contributed by atoms with Crippen molar-refractivity contribution in [2.45, 2.75) is 42.5 Å². The zero-order valence-corrected chi connectivity index (χ0v) is 18.7. The molecule has 0 bridgehead atoms. The van der Waals surface area contributed by atoms with Crippen LogP contribution in [0.3, 0.4) is 0 Å². The van der Waals surface area contributed by atoms with Crippen LogP contribution in [0.4, 0.5) is 0 Å². The van der Waals surface area contributed by atoms with Gasteiger partial charge in [-0.3, -0.25) is 4.79 Å². The number of aromatic nitrogens is 2. The van der Waals surface area contributed by atoms with Crippen LogP contribution in [0.2, 0.25) is 5.02 Å². The van der Waals surface area contributed by atoms with Gasteiger partial charge in [-0.2, -0.15) is 4.31 Å². The van der Waals surface area contributed by atoms with Gasteiger partial charge in [-0.1, -0.05) is 36.6 Å². The molecule has 1 aliphatic carbocycles. The smallest absolute Gasteiger partial charge is 0.262 e. The topological polar surface area (TPSA) is 75.5 Å². The van der Waals surface area contributed by atoms with Crippen LogP contribution in [0.15, 0.2) is 41.8 Å². The van der Waals surface area contributed by atoms with E-state index in [9.17, 15) is 13.2 Å². The molecule has 1 saturated carbocycles. The number of nitrogens with zero attached hydrogens (tertiary/aromatic N) is 4. The Morgan fingerprint density at radius 1 is 1.03 bits per heavy atom. The highest BCUT2D eigenvalue weighted by molar-refractivity contribution is 7.89. The molecule has 2 fully saturated rings. The minimum Gasteiger partial charge on any atom is -0.341 e. The van der Waals surface area contributed by atoms with Crippen molar-refractivity contribution in [3.8, 4) is 0 Å². The van der Waals surface area contributed by atoms with Gasteiger partial charge in [0.1, 0.15) is 0 Å². The SMILES string of the molecule is Cn1cnc(S(=O)(=O)N2CCCN(C(=O)C3(c4ccc(Cl)cc4)CCCC3)CC2)c1. The molecular weight excluding hydrogens is 424 g/mol. The van der Waals surface area contributed by atoms with E-state index in [1.54, 1.807) is 11.6 Å². The van der Waals surface area contributed by atoms with Gasteiger partial charge in [0.15, 0.2) is 5.03 Å². The molecule has 4 rings (SSSR count). The van der Waals surface area contributed by atoms with E-state index in [0.717, 1.165) is 31.2 Å². The van der Waals surface area contributed by atoms with Crippen molar-refractivity contribution in [3.63, 3.8) is 0 Å². The molecule has 7 nitrogen and oxygen atoms in total. The quantitative estimate of drug-likeness (QED) is 0.717. The van der Waals surface area contributed by atoms with Crippen LogP contribution in [0.5, 0.6) is 0 Å². The van der Waals surface area contributed by atoms with Gasteiger partial charge in [-0.15, -0.1) is 0 Å². The first-order valence-electron chi connectivity index (χ1n) is 10.4. The summed E-state index contributed by atoms with van der Waals surface area (Å²) in [5.41, 5.74) is 0.483. The van der Waals surface area contributed by atoms with Crippen molar-refractivity contribution < 1.29 is 13.2 Å². The number of amides is 1. The Hall–Kier alpha value is -1.90. The summed E-state index contributed by atoms with van der Waals surface area (Å²) in [5, 5.41) is 0.711. The predicted octanol–water partition coefficient (Wildman–Crippen LogP) is 2.81. The second-order valence-electron chi connectivity index (χ2n) is 8.22. The molecule has 0 unspecified atom stereocenters. The van der Waals surface area contributed by atoms with Gasteiger partial charge in [0.05, 0.1) is 11.7 Å². The minimum absolute atomic E-state index is 0.0539. The number of benzene rings is 1. The Balaban J connectivity index is 1.53. The van der Waals surface area contributed by atoms with Crippen molar-refractivity contribution in [2.75, 3.05) is 26.2 Å². The zero-order chi connectivity index (χ0) is 21.4. The lowest BCUT2D eigenvalue weighted by molar-refractivity contribution is -0.137. The fourth-order valence-corrected chi connectivity index (χ4v) is 6.23. The molecule has 2 aromatic rings. The van der Waals surface area contributed by atoms with Crippen LogP contribution in [-0.2, 0) is 27.3 Å². The third-order valence-corrected chi connectivity index (χ3v) is 8.33. The van der Waals surface area contributed by atoms with E-state index in [1.165, 1.54) is 16.8 Å². The average Bonchev–Trinajstić information content (AvgIpc) is 3.32. The number of aryl methyl sites for hydroxylation is 1. The average molecular weight is 451 g/mol. The summed E-state index contributed by atoms with van der Waals surface area (Å²) >= 11 is 6.06. The monoisotopic (exact) mass is 450 g/mol. The van der Waals surface area contributed by atoms with Crippen LogP contribution in [-0.4, -0.2) is 59.3 Å². The molecule has 162 valence electrons. The second kappa shape index (κ2) is 8.32. The number of hydrogen-bond acceptors (Lipinski definition) is 4. The number of carbonyl (C=O) groups excluding carboxylic acids is 1. The molecule has 9 heteroatoms. The number of imidazole rings is 1. The number of carbonyl (C=O) groups is 1. The molecule has 1 aliphatic heterocycles. The largest absolute Gasteiger partial charge is 0.341 e. The van der Waals surface area contributed by atoms with Gasteiger partial charge < -0.3 is 9.47 Å². The summed E-state index contributed by atoms with van der Waals surface area (Å²) in [6, 6.07) is 7.60. The summed E-state index contributed by atoms with van der Waals surface area (Å²) in [7, 11) is -1.91. The fourth-order valence-electron chi connectivity index (χ4n) is 4.67. The van der Waals surface area contributed by atoms with E-state index >= 15 is 0 Å². The van der Waals surface area contributed by atoms with Gasteiger partial charge in [-0.25, -0.2) is 13.4 Å². The fraction of sp³-hybridized carbons (Fsp3) is 0.524. The molecule has 0 radical (unpaired) electrons. The predicted molar refractivity (Wildman–Crippen MR) is 115 cm³/mol. The van der Waals surface area contributed by atoms with Crippen LogP contribution < -0.4 is 0 Å². The van der Waals surface area contributed by atoms with E-state index in [2.05, 4.69) is 4.98 Å². The van der Waals surface area contributed by atoms with E-state index in [-0.39, 0.29) is 17.5 Å². The molecule has 1 aromatic carbocycles. The molecule has 0 spiro atoms. The van der Waals surface area contributed by atoms with Gasteiger partial charge >= 0.3 is 0 Å². The summed E-state index contributed by atoms with van der Waals surface area (Å²) in [4.78, 5) is 19.6. The van der Waals surface area contributed by atoms with E-state index in [1.807, 2.05) is 29.2 Å². The Labute approximate surface area is 182 Å². The molecule has 1 amide bonds. The molecule has 1 saturated heterocycles. The van der Waals surface area contributed by atoms with E-state index in [4.69, 9.17) is 11.6 Å². The standard InChI is InChI=1S/C21H27ClN4O3S/c1-24-15-19(23-16-24)30(28,29)26-12-4-11-25(13-14-26)20(27)21(9-2-3-10-21)17-5-7-18(22)8-6-17/h5-8,15-16H,2-4,9-14H2,1H3. The van der Waals surface area contributed by atoms with Crippen molar-refractivity contribution in [2.24, 2.45) is 7.05 Å². The van der Waals surface area contributed by atoms with Crippen LogP contribution in [0.25, 0.3) is 0 Å². The van der Waals surface area contributed by atoms with Crippen molar-refractivity contribution >= 4 is 27.5 Å². The number of sulfonamides is 1. The molecule has 2 aliphatic rings. The van der Waals surface area contributed by atoms with Crippen molar-refractivity contribution in [3.05, 3.63) is 47.4 Å². The maximum atomic E-state index is 13.7. The van der Waals surface area contributed by atoms with Gasteiger partial charge in [0.25, 0.3) is 10.0 Å². The Kier molecular flexibility index (Phi) is 5.92. The van der Waals surface area contributed by atoms with Gasteiger partial charge in [-0.05, 0) is 37.0 Å². The summed E-state index contributed by atoms with van der Waals surface area (Å²) < 4.78 is 28.9. The van der Waals surface area contributed by atoms with Gasteiger partial charge in [0.2, 0.25) is 5.91 Å².